The fraction of sp³-hybridized carbons (Fsp3) is 0.481. The van der Waals surface area contributed by atoms with Crippen molar-refractivity contribution in [2.45, 2.75) is 52.0 Å². The van der Waals surface area contributed by atoms with Gasteiger partial charge in [0.1, 0.15) is 6.79 Å². The van der Waals surface area contributed by atoms with Crippen molar-refractivity contribution in [2.75, 3.05) is 38.2 Å². The number of hydrogen-bond acceptors (Lipinski definition) is 7. The molecule has 2 fully saturated rings. The first-order valence-electron chi connectivity index (χ1n) is 12.4. The summed E-state index contributed by atoms with van der Waals surface area (Å²) in [6, 6.07) is 8.71. The zero-order valence-corrected chi connectivity index (χ0v) is 21.3. The predicted molar refractivity (Wildman–Crippen MR) is 143 cm³/mol. The number of aromatic nitrogens is 4. The van der Waals surface area contributed by atoms with Crippen LogP contribution in [0.2, 0.25) is 0 Å². The largest absolute Gasteiger partial charge is 0.379 e. The maximum atomic E-state index is 8.00. The van der Waals surface area contributed by atoms with Gasteiger partial charge in [-0.05, 0) is 38.4 Å². The summed E-state index contributed by atoms with van der Waals surface area (Å²) in [7, 11) is 0. The molecule has 2 aliphatic rings. The first-order valence-corrected chi connectivity index (χ1v) is 12.4. The highest BCUT2D eigenvalue weighted by molar-refractivity contribution is 5.75. The van der Waals surface area contributed by atoms with Crippen LogP contribution in [-0.4, -0.2) is 64.3 Å². The van der Waals surface area contributed by atoms with Gasteiger partial charge in [0.05, 0.1) is 30.8 Å². The Morgan fingerprint density at radius 1 is 1.03 bits per heavy atom. The number of ether oxygens (including phenoxy) is 1. The van der Waals surface area contributed by atoms with Gasteiger partial charge >= 0.3 is 0 Å². The molecule has 0 bridgehead atoms. The van der Waals surface area contributed by atoms with Gasteiger partial charge in [0.15, 0.2) is 5.65 Å². The smallest absolute Gasteiger partial charge is 0.229 e. The molecule has 8 nitrogen and oxygen atoms in total. The summed E-state index contributed by atoms with van der Waals surface area (Å²) < 4.78 is 7.25. The van der Waals surface area contributed by atoms with Crippen LogP contribution >= 0.6 is 0 Å². The molecule has 1 N–H and O–H groups in total. The van der Waals surface area contributed by atoms with Crippen molar-refractivity contribution in [1.29, 1.82) is 0 Å². The Morgan fingerprint density at radius 3 is 2.29 bits per heavy atom. The van der Waals surface area contributed by atoms with Crippen LogP contribution in [0.3, 0.4) is 0 Å². The molecule has 8 heteroatoms. The predicted octanol–water partition coefficient (Wildman–Crippen LogP) is 5.34. The summed E-state index contributed by atoms with van der Waals surface area (Å²) in [5.74, 6) is 0.624. The maximum Gasteiger partial charge on any atom is 0.229 e. The van der Waals surface area contributed by atoms with Gasteiger partial charge in [-0.25, -0.2) is 9.67 Å². The van der Waals surface area contributed by atoms with E-state index < -0.39 is 0 Å². The van der Waals surface area contributed by atoms with Crippen molar-refractivity contribution in [1.82, 2.24) is 24.6 Å². The van der Waals surface area contributed by atoms with Crippen LogP contribution in [0.5, 0.6) is 0 Å². The lowest BCUT2D eigenvalue weighted by molar-refractivity contribution is -0.0979. The van der Waals surface area contributed by atoms with Crippen molar-refractivity contribution in [3.8, 4) is 0 Å². The molecule has 0 amide bonds. The molecule has 1 saturated carbocycles. The molecule has 3 aromatic rings. The Bertz CT molecular complexity index is 977. The molecular weight excluding hydrogens is 440 g/mol. The van der Waals surface area contributed by atoms with Crippen molar-refractivity contribution in [3.05, 3.63) is 55.4 Å². The number of rotatable bonds is 4. The quantitative estimate of drug-likeness (QED) is 0.505. The van der Waals surface area contributed by atoms with Gasteiger partial charge in [-0.15, -0.1) is 13.2 Å². The van der Waals surface area contributed by atoms with Crippen molar-refractivity contribution >= 4 is 29.5 Å². The van der Waals surface area contributed by atoms with Crippen LogP contribution in [0.4, 0.5) is 11.6 Å². The van der Waals surface area contributed by atoms with Crippen molar-refractivity contribution in [3.63, 3.8) is 0 Å². The second kappa shape index (κ2) is 15.7. The number of carbonyl (C=O) groups is 1. The van der Waals surface area contributed by atoms with Crippen LogP contribution in [0, 0.1) is 6.92 Å². The second-order valence-corrected chi connectivity index (χ2v) is 8.39. The van der Waals surface area contributed by atoms with Gasteiger partial charge in [0.2, 0.25) is 5.95 Å². The fourth-order valence-corrected chi connectivity index (χ4v) is 4.17. The number of carbonyl (C=O) groups excluding carboxylic acids is 1. The summed E-state index contributed by atoms with van der Waals surface area (Å²) in [5.41, 5.74) is 3.17. The lowest BCUT2D eigenvalue weighted by atomic mass is 9.96. The molecule has 0 atom stereocenters. The van der Waals surface area contributed by atoms with Gasteiger partial charge in [-0.1, -0.05) is 43.9 Å². The van der Waals surface area contributed by atoms with Crippen molar-refractivity contribution in [2.24, 2.45) is 0 Å². The molecule has 1 aromatic carbocycles. The Labute approximate surface area is 209 Å². The van der Waals surface area contributed by atoms with E-state index in [0.29, 0.717) is 12.0 Å². The van der Waals surface area contributed by atoms with E-state index in [1.54, 1.807) is 0 Å². The van der Waals surface area contributed by atoms with E-state index in [1.165, 1.54) is 44.2 Å². The lowest BCUT2D eigenvalue weighted by Crippen LogP contribution is -2.35. The highest BCUT2D eigenvalue weighted by atomic mass is 16.5. The topological polar surface area (TPSA) is 85.2 Å². The number of anilines is 2. The second-order valence-electron chi connectivity index (χ2n) is 8.39. The molecule has 190 valence electrons. The zero-order valence-electron chi connectivity index (χ0n) is 21.3. The summed E-state index contributed by atoms with van der Waals surface area (Å²) >= 11 is 0. The van der Waals surface area contributed by atoms with E-state index in [4.69, 9.17) is 14.5 Å². The molecule has 35 heavy (non-hydrogen) atoms. The molecule has 1 aliphatic carbocycles. The average molecular weight is 481 g/mol. The molecule has 2 aromatic heterocycles. The third kappa shape index (κ3) is 8.56. The van der Waals surface area contributed by atoms with E-state index in [-0.39, 0.29) is 0 Å². The van der Waals surface area contributed by atoms with E-state index >= 15 is 0 Å². The normalized spacial score (nSPS) is 16.1. The molecule has 0 unspecified atom stereocenters. The third-order valence-electron chi connectivity index (χ3n) is 6.11. The SMILES string of the molecule is C=C.C=O.CCN1CCOCC1.Cc1ccc(Nc2ncc3cnn(C4CCCCC4)c3n2)cc1. The molecule has 3 heterocycles. The zero-order chi connectivity index (χ0) is 25.5. The molecule has 0 spiro atoms. The van der Waals surface area contributed by atoms with Crippen LogP contribution in [0.25, 0.3) is 11.0 Å². The van der Waals surface area contributed by atoms with E-state index in [1.807, 2.05) is 31.3 Å². The number of nitrogens with one attached hydrogen (secondary N) is 1. The number of likely N-dealkylation sites (N-methyl/N-ethyl adjacent to an activating group) is 1. The van der Waals surface area contributed by atoms with E-state index in [0.717, 1.165) is 43.0 Å². The maximum absolute atomic E-state index is 8.00. The highest BCUT2D eigenvalue weighted by Gasteiger charge is 2.19. The van der Waals surface area contributed by atoms with Gasteiger partial charge in [-0.2, -0.15) is 10.1 Å². The molecule has 1 aliphatic heterocycles. The Kier molecular flexibility index (Phi) is 12.7. The number of hydrogen-bond donors (Lipinski definition) is 1. The number of fused-ring (bicyclic) bond motifs is 1. The standard InChI is InChI=1S/C18H21N5.C6H13NO.C2H4.CH2O/c1-13-7-9-15(10-8-13)21-18-19-11-14-12-20-23(17(14)22-18)16-5-3-2-4-6-16;1-2-7-3-5-8-6-4-7;2*1-2/h7-12,16H,2-6H2,1H3,(H,19,21,22);2-6H2,1H3;1-2H2;1H2. The van der Waals surface area contributed by atoms with Crippen LogP contribution in [0.1, 0.15) is 50.6 Å². The van der Waals surface area contributed by atoms with Crippen LogP contribution in [0.15, 0.2) is 49.8 Å². The molecule has 0 radical (unpaired) electrons. The van der Waals surface area contributed by atoms with Crippen LogP contribution in [-0.2, 0) is 9.53 Å². The highest BCUT2D eigenvalue weighted by Crippen LogP contribution is 2.30. The molecular formula is C27H40N6O2. The summed E-state index contributed by atoms with van der Waals surface area (Å²) in [5, 5.41) is 8.85. The summed E-state index contributed by atoms with van der Waals surface area (Å²) in [6.07, 6.45) is 10.0. The lowest BCUT2D eigenvalue weighted by Gasteiger charge is -2.24. The minimum atomic E-state index is 0.475. The average Bonchev–Trinajstić information content (AvgIpc) is 3.37. The van der Waals surface area contributed by atoms with E-state index in [2.05, 4.69) is 64.1 Å². The Balaban J connectivity index is 0.000000303. The van der Waals surface area contributed by atoms with Gasteiger partial charge in [0.25, 0.3) is 0 Å². The molecule has 1 saturated heterocycles. The van der Waals surface area contributed by atoms with Gasteiger partial charge < -0.3 is 14.8 Å². The van der Waals surface area contributed by atoms with Crippen LogP contribution < -0.4 is 5.32 Å². The monoisotopic (exact) mass is 480 g/mol. The first kappa shape index (κ1) is 28.1. The minimum absolute atomic E-state index is 0.475. The Morgan fingerprint density at radius 2 is 1.69 bits per heavy atom. The minimum Gasteiger partial charge on any atom is -0.379 e. The number of morpholine rings is 1. The van der Waals surface area contributed by atoms with Gasteiger partial charge in [0, 0.05) is 25.0 Å². The Hall–Kier alpha value is -3.10. The first-order chi connectivity index (χ1) is 17.2. The van der Waals surface area contributed by atoms with Crippen molar-refractivity contribution < 1.29 is 9.53 Å². The number of benzene rings is 1. The summed E-state index contributed by atoms with van der Waals surface area (Å²) in [6.45, 7) is 17.5. The summed E-state index contributed by atoms with van der Waals surface area (Å²) in [4.78, 5) is 19.5. The number of aryl methyl sites for hydroxylation is 1. The van der Waals surface area contributed by atoms with E-state index in [9.17, 15) is 0 Å². The number of nitrogens with zero attached hydrogens (tertiary/aromatic N) is 5. The third-order valence-corrected chi connectivity index (χ3v) is 6.11. The van der Waals surface area contributed by atoms with Gasteiger partial charge in [-0.3, -0.25) is 4.90 Å². The molecule has 5 rings (SSSR count). The fourth-order valence-electron chi connectivity index (χ4n) is 4.17.